The van der Waals surface area contributed by atoms with Crippen LogP contribution in [0.4, 0.5) is 17.3 Å². The van der Waals surface area contributed by atoms with Gasteiger partial charge in [0.15, 0.2) is 0 Å². The molecule has 1 aliphatic carbocycles. The number of nitrogens with zero attached hydrogens (tertiary/aromatic N) is 3. The molecule has 4 N–H and O–H groups in total. The third kappa shape index (κ3) is 3.11. The molecule has 1 saturated carbocycles. The molecule has 1 amide bonds. The fourth-order valence-corrected chi connectivity index (χ4v) is 4.18. The summed E-state index contributed by atoms with van der Waals surface area (Å²) in [5.41, 5.74) is 0.711. The first-order valence-corrected chi connectivity index (χ1v) is 9.57. The van der Waals surface area contributed by atoms with Crippen molar-refractivity contribution in [2.24, 2.45) is 0 Å². The maximum atomic E-state index is 13.3. The number of aromatic nitrogens is 3. The van der Waals surface area contributed by atoms with Crippen molar-refractivity contribution in [2.45, 2.75) is 44.7 Å². The van der Waals surface area contributed by atoms with Crippen molar-refractivity contribution >= 4 is 23.2 Å². The maximum absolute atomic E-state index is 13.3. The zero-order valence-electron chi connectivity index (χ0n) is 15.8. The van der Waals surface area contributed by atoms with Gasteiger partial charge in [0.1, 0.15) is 35.0 Å². The summed E-state index contributed by atoms with van der Waals surface area (Å²) in [4.78, 5) is 34.1. The van der Waals surface area contributed by atoms with E-state index in [1.165, 1.54) is 6.33 Å². The zero-order chi connectivity index (χ0) is 19.7. The molecule has 0 bridgehead atoms. The average Bonchev–Trinajstić information content (AvgIpc) is 2.97. The van der Waals surface area contributed by atoms with Crippen LogP contribution < -0.4 is 21.5 Å². The molecule has 2 aromatic rings. The molecule has 0 saturated heterocycles. The number of hydrogen-bond donors (Lipinski definition) is 4. The summed E-state index contributed by atoms with van der Waals surface area (Å²) < 4.78 is 1.65. The van der Waals surface area contributed by atoms with Crippen LogP contribution in [0, 0.1) is 6.92 Å². The number of pyridine rings is 1. The number of rotatable bonds is 5. The minimum Gasteiger partial charge on any atom is -0.395 e. The number of aryl methyl sites for hydroxylation is 1. The van der Waals surface area contributed by atoms with E-state index in [1.54, 1.807) is 16.7 Å². The zero-order valence-corrected chi connectivity index (χ0v) is 15.8. The Hall–Kier alpha value is -2.94. The van der Waals surface area contributed by atoms with E-state index in [9.17, 15) is 9.59 Å². The van der Waals surface area contributed by atoms with Crippen LogP contribution in [0.5, 0.6) is 0 Å². The Morgan fingerprint density at radius 3 is 2.68 bits per heavy atom. The van der Waals surface area contributed by atoms with Crippen LogP contribution in [0.3, 0.4) is 0 Å². The van der Waals surface area contributed by atoms with Crippen LogP contribution in [0.15, 0.2) is 23.3 Å². The molecule has 9 heteroatoms. The predicted octanol–water partition coefficient (Wildman–Crippen LogP) is 1.45. The van der Waals surface area contributed by atoms with Gasteiger partial charge in [0.2, 0.25) is 0 Å². The van der Waals surface area contributed by atoms with Gasteiger partial charge >= 0.3 is 0 Å². The maximum Gasteiger partial charge on any atom is 0.276 e. The summed E-state index contributed by atoms with van der Waals surface area (Å²) >= 11 is 0. The molecule has 148 valence electrons. The van der Waals surface area contributed by atoms with E-state index in [0.29, 0.717) is 29.6 Å². The van der Waals surface area contributed by atoms with E-state index < -0.39 is 5.66 Å². The Kier molecular flexibility index (Phi) is 4.76. The lowest BCUT2D eigenvalue weighted by atomic mass is 9.89. The van der Waals surface area contributed by atoms with Crippen molar-refractivity contribution in [3.8, 4) is 0 Å². The minimum atomic E-state index is -0.621. The Morgan fingerprint density at radius 1 is 1.18 bits per heavy atom. The fraction of sp³-hybridized carbons (Fsp3) is 0.474. The molecule has 0 aromatic carbocycles. The van der Waals surface area contributed by atoms with E-state index in [2.05, 4.69) is 25.9 Å². The summed E-state index contributed by atoms with van der Waals surface area (Å²) in [5.74, 6) is 0.827. The smallest absolute Gasteiger partial charge is 0.276 e. The highest BCUT2D eigenvalue weighted by atomic mass is 16.3. The van der Waals surface area contributed by atoms with Crippen LogP contribution in [0.1, 0.15) is 48.2 Å². The molecule has 9 nitrogen and oxygen atoms in total. The number of carbonyl (C=O) groups excluding carboxylic acids is 1. The summed E-state index contributed by atoms with van der Waals surface area (Å²) in [6.07, 6.45) is 5.98. The second-order valence-corrected chi connectivity index (χ2v) is 7.34. The Morgan fingerprint density at radius 2 is 1.93 bits per heavy atom. The number of amides is 1. The summed E-state index contributed by atoms with van der Waals surface area (Å²) in [6, 6.07) is 3.36. The number of hydrogen-bond acceptors (Lipinski definition) is 7. The van der Waals surface area contributed by atoms with E-state index in [4.69, 9.17) is 5.11 Å². The normalized spacial score (nSPS) is 17.3. The van der Waals surface area contributed by atoms with Gasteiger partial charge in [0.05, 0.1) is 6.61 Å². The molecule has 1 spiro atoms. The molecule has 2 aromatic heterocycles. The van der Waals surface area contributed by atoms with Gasteiger partial charge in [-0.05, 0) is 44.2 Å². The first-order chi connectivity index (χ1) is 13.5. The lowest BCUT2D eigenvalue weighted by molar-refractivity contribution is 0.0876. The van der Waals surface area contributed by atoms with Gasteiger partial charge in [-0.25, -0.2) is 9.97 Å². The highest BCUT2D eigenvalue weighted by Crippen LogP contribution is 2.37. The van der Waals surface area contributed by atoms with E-state index in [1.807, 2.05) is 6.92 Å². The highest BCUT2D eigenvalue weighted by Gasteiger charge is 2.45. The molecular weight excluding hydrogens is 360 g/mol. The van der Waals surface area contributed by atoms with Gasteiger partial charge in [-0.2, -0.15) is 0 Å². The van der Waals surface area contributed by atoms with Gasteiger partial charge in [-0.15, -0.1) is 0 Å². The van der Waals surface area contributed by atoms with Gasteiger partial charge in [0.25, 0.3) is 11.5 Å². The molecular formula is C19H24N6O3. The second kappa shape index (κ2) is 7.23. The number of aliphatic hydroxyl groups is 1. The standard InChI is InChI=1S/C19H24N6O3/c1-12-9-13(23-15-10-14(20-7-8-26)21-11-22-15)18(28)25-16(12)17(27)24-19(25)5-3-2-4-6-19/h9-11,26H,2-8H2,1H3,(H,24,27)(H2,20,21,22,23). The number of anilines is 3. The molecule has 3 heterocycles. The lowest BCUT2D eigenvalue weighted by Gasteiger charge is -2.35. The van der Waals surface area contributed by atoms with E-state index >= 15 is 0 Å². The third-order valence-electron chi connectivity index (χ3n) is 5.41. The summed E-state index contributed by atoms with van der Waals surface area (Å²) in [6.45, 7) is 2.20. The van der Waals surface area contributed by atoms with Crippen LogP contribution in [0.2, 0.25) is 0 Å². The molecule has 0 radical (unpaired) electrons. The second-order valence-electron chi connectivity index (χ2n) is 7.34. The number of nitrogens with one attached hydrogen (secondary N) is 3. The molecule has 28 heavy (non-hydrogen) atoms. The van der Waals surface area contributed by atoms with Gasteiger partial charge in [0, 0.05) is 12.6 Å². The first kappa shape index (κ1) is 18.4. The lowest BCUT2D eigenvalue weighted by Crippen LogP contribution is -2.48. The molecule has 0 atom stereocenters. The molecule has 0 unspecified atom stereocenters. The average molecular weight is 384 g/mol. The Labute approximate surface area is 162 Å². The monoisotopic (exact) mass is 384 g/mol. The minimum absolute atomic E-state index is 0.0127. The molecule has 2 aliphatic rings. The van der Waals surface area contributed by atoms with Crippen LogP contribution >= 0.6 is 0 Å². The SMILES string of the molecule is Cc1cc(Nc2cc(NCCO)ncn2)c(=O)n2c1C(=O)NC21CCCCC1. The van der Waals surface area contributed by atoms with Gasteiger partial charge in [-0.1, -0.05) is 6.42 Å². The molecule has 1 aliphatic heterocycles. The van der Waals surface area contributed by atoms with Crippen molar-refractivity contribution in [3.63, 3.8) is 0 Å². The predicted molar refractivity (Wildman–Crippen MR) is 105 cm³/mol. The number of aliphatic hydroxyl groups excluding tert-OH is 1. The number of fused-ring (bicyclic) bond motifs is 2. The van der Waals surface area contributed by atoms with Crippen molar-refractivity contribution < 1.29 is 9.90 Å². The van der Waals surface area contributed by atoms with Gasteiger partial charge in [-0.3, -0.25) is 14.2 Å². The third-order valence-corrected chi connectivity index (χ3v) is 5.41. The summed E-state index contributed by atoms with van der Waals surface area (Å²) in [5, 5.41) is 18.0. The number of carbonyl (C=O) groups is 1. The topological polar surface area (TPSA) is 121 Å². The van der Waals surface area contributed by atoms with Crippen molar-refractivity contribution in [1.82, 2.24) is 19.9 Å². The quantitative estimate of drug-likeness (QED) is 0.616. The largest absolute Gasteiger partial charge is 0.395 e. The van der Waals surface area contributed by atoms with Crippen molar-refractivity contribution in [1.29, 1.82) is 0 Å². The fourth-order valence-electron chi connectivity index (χ4n) is 4.18. The van der Waals surface area contributed by atoms with Crippen LogP contribution in [0.25, 0.3) is 0 Å². The Bertz CT molecular complexity index is 965. The Balaban J connectivity index is 1.73. The van der Waals surface area contributed by atoms with E-state index in [-0.39, 0.29) is 18.1 Å². The molecule has 1 fully saturated rings. The van der Waals surface area contributed by atoms with Crippen molar-refractivity contribution in [2.75, 3.05) is 23.8 Å². The van der Waals surface area contributed by atoms with Crippen molar-refractivity contribution in [3.05, 3.63) is 40.1 Å². The summed E-state index contributed by atoms with van der Waals surface area (Å²) in [7, 11) is 0. The van der Waals surface area contributed by atoms with E-state index in [0.717, 1.165) is 37.7 Å². The molecule has 4 rings (SSSR count). The van der Waals surface area contributed by atoms with Crippen LogP contribution in [-0.4, -0.2) is 38.7 Å². The van der Waals surface area contributed by atoms with Crippen LogP contribution in [-0.2, 0) is 5.66 Å². The van der Waals surface area contributed by atoms with Gasteiger partial charge < -0.3 is 21.1 Å². The first-order valence-electron chi connectivity index (χ1n) is 9.57. The highest BCUT2D eigenvalue weighted by molar-refractivity contribution is 5.97.